The van der Waals surface area contributed by atoms with E-state index in [0.717, 1.165) is 37.5 Å². The Balaban J connectivity index is 2.11. The van der Waals surface area contributed by atoms with Gasteiger partial charge in [-0.2, -0.15) is 0 Å². The predicted molar refractivity (Wildman–Crippen MR) is 81.1 cm³/mol. The molecule has 2 rings (SSSR count). The molecule has 2 aromatic rings. The van der Waals surface area contributed by atoms with Crippen LogP contribution in [-0.4, -0.2) is 13.2 Å². The second kappa shape index (κ2) is 7.75. The van der Waals surface area contributed by atoms with Gasteiger partial charge >= 0.3 is 0 Å². The van der Waals surface area contributed by atoms with Gasteiger partial charge in [0.25, 0.3) is 0 Å². The number of furan rings is 1. The molecule has 20 heavy (non-hydrogen) atoms. The smallest absolute Gasteiger partial charge is 0.119 e. The van der Waals surface area contributed by atoms with Gasteiger partial charge in [0.05, 0.1) is 12.9 Å². The molecule has 0 fully saturated rings. The first kappa shape index (κ1) is 14.7. The van der Waals surface area contributed by atoms with E-state index in [1.54, 1.807) is 6.26 Å². The zero-order chi connectivity index (χ0) is 14.2. The molecule has 0 radical (unpaired) electrons. The van der Waals surface area contributed by atoms with Gasteiger partial charge in [-0.1, -0.05) is 26.0 Å². The summed E-state index contributed by atoms with van der Waals surface area (Å²) < 4.78 is 11.2. The van der Waals surface area contributed by atoms with Crippen molar-refractivity contribution < 1.29 is 9.15 Å². The Morgan fingerprint density at radius 1 is 1.20 bits per heavy atom. The molecule has 1 unspecified atom stereocenters. The SMILES string of the molecule is CCCOc1cccc(C(Cc2ccco2)NCC)c1. The van der Waals surface area contributed by atoms with Crippen LogP contribution < -0.4 is 10.1 Å². The van der Waals surface area contributed by atoms with Crippen LogP contribution in [0, 0.1) is 0 Å². The Morgan fingerprint density at radius 3 is 2.80 bits per heavy atom. The summed E-state index contributed by atoms with van der Waals surface area (Å²) in [5.41, 5.74) is 1.23. The molecule has 1 aromatic carbocycles. The van der Waals surface area contributed by atoms with Crippen molar-refractivity contribution in [3.05, 3.63) is 54.0 Å². The number of likely N-dealkylation sites (N-methyl/N-ethyl adjacent to an activating group) is 1. The highest BCUT2D eigenvalue weighted by Crippen LogP contribution is 2.23. The first-order chi connectivity index (χ1) is 9.83. The second-order valence-electron chi connectivity index (χ2n) is 4.81. The van der Waals surface area contributed by atoms with Crippen LogP contribution in [0.4, 0.5) is 0 Å². The molecule has 0 aliphatic rings. The minimum atomic E-state index is 0.247. The Labute approximate surface area is 121 Å². The molecule has 1 aromatic heterocycles. The number of hydrogen-bond donors (Lipinski definition) is 1. The van der Waals surface area contributed by atoms with E-state index in [1.165, 1.54) is 5.56 Å². The van der Waals surface area contributed by atoms with Crippen molar-refractivity contribution in [2.24, 2.45) is 0 Å². The van der Waals surface area contributed by atoms with Gasteiger partial charge in [0.2, 0.25) is 0 Å². The molecule has 0 saturated heterocycles. The minimum absolute atomic E-state index is 0.247. The Kier molecular flexibility index (Phi) is 5.69. The molecular weight excluding hydrogens is 250 g/mol. The normalized spacial score (nSPS) is 12.3. The fourth-order valence-corrected chi connectivity index (χ4v) is 2.23. The van der Waals surface area contributed by atoms with E-state index in [2.05, 4.69) is 31.3 Å². The monoisotopic (exact) mass is 273 g/mol. The maximum absolute atomic E-state index is 5.71. The standard InChI is InChI=1S/C17H23NO2/c1-3-10-19-15-8-5-7-14(12-15)17(18-4-2)13-16-9-6-11-20-16/h5-9,11-12,17-18H,3-4,10,13H2,1-2H3. The van der Waals surface area contributed by atoms with Crippen LogP contribution in [-0.2, 0) is 6.42 Å². The van der Waals surface area contributed by atoms with Crippen LogP contribution >= 0.6 is 0 Å². The lowest BCUT2D eigenvalue weighted by Crippen LogP contribution is -2.22. The number of rotatable bonds is 8. The number of nitrogens with one attached hydrogen (secondary N) is 1. The van der Waals surface area contributed by atoms with Gasteiger partial charge in [-0.3, -0.25) is 0 Å². The minimum Gasteiger partial charge on any atom is -0.494 e. The zero-order valence-electron chi connectivity index (χ0n) is 12.3. The fraction of sp³-hybridized carbons (Fsp3) is 0.412. The summed E-state index contributed by atoms with van der Waals surface area (Å²) in [4.78, 5) is 0. The number of ether oxygens (including phenoxy) is 1. The van der Waals surface area contributed by atoms with Crippen molar-refractivity contribution in [2.45, 2.75) is 32.7 Å². The Hall–Kier alpha value is -1.74. The summed E-state index contributed by atoms with van der Waals surface area (Å²) in [7, 11) is 0. The third-order valence-electron chi connectivity index (χ3n) is 3.17. The lowest BCUT2D eigenvalue weighted by Gasteiger charge is -2.18. The van der Waals surface area contributed by atoms with Crippen LogP contribution in [0.5, 0.6) is 5.75 Å². The Morgan fingerprint density at radius 2 is 2.10 bits per heavy atom. The Bertz CT molecular complexity index is 493. The predicted octanol–water partition coefficient (Wildman–Crippen LogP) is 3.96. The van der Waals surface area contributed by atoms with Crippen molar-refractivity contribution in [1.82, 2.24) is 5.32 Å². The third-order valence-corrected chi connectivity index (χ3v) is 3.17. The largest absolute Gasteiger partial charge is 0.494 e. The van der Waals surface area contributed by atoms with Gasteiger partial charge in [-0.05, 0) is 42.8 Å². The maximum Gasteiger partial charge on any atom is 0.119 e. The summed E-state index contributed by atoms with van der Waals surface area (Å²) in [6.07, 6.45) is 3.59. The summed E-state index contributed by atoms with van der Waals surface area (Å²) in [6, 6.07) is 12.5. The van der Waals surface area contributed by atoms with E-state index >= 15 is 0 Å². The van der Waals surface area contributed by atoms with Gasteiger partial charge in [0.15, 0.2) is 0 Å². The molecular formula is C17H23NO2. The summed E-state index contributed by atoms with van der Waals surface area (Å²) in [5.74, 6) is 1.93. The molecule has 0 spiro atoms. The fourth-order valence-electron chi connectivity index (χ4n) is 2.23. The number of benzene rings is 1. The summed E-state index contributed by atoms with van der Waals surface area (Å²) >= 11 is 0. The van der Waals surface area contributed by atoms with Crippen LogP contribution in [0.3, 0.4) is 0 Å². The highest BCUT2D eigenvalue weighted by molar-refractivity contribution is 5.31. The molecule has 108 valence electrons. The van der Waals surface area contributed by atoms with E-state index in [-0.39, 0.29) is 6.04 Å². The molecule has 0 saturated carbocycles. The first-order valence-electron chi connectivity index (χ1n) is 7.32. The molecule has 1 heterocycles. The van der Waals surface area contributed by atoms with Crippen LogP contribution in [0.25, 0.3) is 0 Å². The highest BCUT2D eigenvalue weighted by atomic mass is 16.5. The zero-order valence-corrected chi connectivity index (χ0v) is 12.3. The first-order valence-corrected chi connectivity index (χ1v) is 7.32. The average Bonchev–Trinajstić information content (AvgIpc) is 2.98. The summed E-state index contributed by atoms with van der Waals surface area (Å²) in [6.45, 7) is 5.91. The van der Waals surface area contributed by atoms with Crippen LogP contribution in [0.2, 0.25) is 0 Å². The number of hydrogen-bond acceptors (Lipinski definition) is 3. The molecule has 0 amide bonds. The van der Waals surface area contributed by atoms with Gasteiger partial charge in [0.1, 0.15) is 11.5 Å². The van der Waals surface area contributed by atoms with Crippen LogP contribution in [0.15, 0.2) is 47.1 Å². The van der Waals surface area contributed by atoms with E-state index in [9.17, 15) is 0 Å². The molecule has 3 heteroatoms. The van der Waals surface area contributed by atoms with Crippen LogP contribution in [0.1, 0.15) is 37.6 Å². The van der Waals surface area contributed by atoms with E-state index in [0.29, 0.717) is 0 Å². The van der Waals surface area contributed by atoms with Crippen molar-refractivity contribution in [1.29, 1.82) is 0 Å². The van der Waals surface area contributed by atoms with Gasteiger partial charge in [0, 0.05) is 12.5 Å². The van der Waals surface area contributed by atoms with E-state index in [1.807, 2.05) is 24.3 Å². The lowest BCUT2D eigenvalue weighted by molar-refractivity contribution is 0.316. The van der Waals surface area contributed by atoms with Crippen molar-refractivity contribution >= 4 is 0 Å². The maximum atomic E-state index is 5.71. The quantitative estimate of drug-likeness (QED) is 0.790. The lowest BCUT2D eigenvalue weighted by atomic mass is 10.0. The highest BCUT2D eigenvalue weighted by Gasteiger charge is 2.13. The second-order valence-corrected chi connectivity index (χ2v) is 4.81. The molecule has 3 nitrogen and oxygen atoms in total. The van der Waals surface area contributed by atoms with Gasteiger partial charge < -0.3 is 14.5 Å². The van der Waals surface area contributed by atoms with E-state index < -0.39 is 0 Å². The molecule has 1 atom stereocenters. The molecule has 0 aliphatic carbocycles. The van der Waals surface area contributed by atoms with Crippen molar-refractivity contribution in [3.63, 3.8) is 0 Å². The molecule has 0 bridgehead atoms. The van der Waals surface area contributed by atoms with Gasteiger partial charge in [-0.15, -0.1) is 0 Å². The van der Waals surface area contributed by atoms with E-state index in [4.69, 9.17) is 9.15 Å². The topological polar surface area (TPSA) is 34.4 Å². The summed E-state index contributed by atoms with van der Waals surface area (Å²) in [5, 5.41) is 3.50. The van der Waals surface area contributed by atoms with Gasteiger partial charge in [-0.25, -0.2) is 0 Å². The molecule has 1 N–H and O–H groups in total. The average molecular weight is 273 g/mol. The van der Waals surface area contributed by atoms with Crippen molar-refractivity contribution in [3.8, 4) is 5.75 Å². The van der Waals surface area contributed by atoms with Crippen molar-refractivity contribution in [2.75, 3.05) is 13.2 Å². The third kappa shape index (κ3) is 4.14. The molecule has 0 aliphatic heterocycles.